The zero-order chi connectivity index (χ0) is 27.9. The van der Waals surface area contributed by atoms with Crippen molar-refractivity contribution in [3.63, 3.8) is 0 Å². The summed E-state index contributed by atoms with van der Waals surface area (Å²) in [6.07, 6.45) is 13.9. The molecule has 0 fully saturated rings. The zero-order valence-corrected chi connectivity index (χ0v) is 22.8. The Hall–Kier alpha value is -4.46. The number of nitrogens with one attached hydrogen (secondary N) is 2. The molecule has 0 radical (unpaired) electrons. The number of hydrogen-bond donors (Lipinski definition) is 2. The highest BCUT2D eigenvalue weighted by molar-refractivity contribution is 6.03. The quantitative estimate of drug-likeness (QED) is 0.249. The van der Waals surface area contributed by atoms with Crippen LogP contribution in [0, 0.1) is 5.92 Å². The molecule has 0 aliphatic heterocycles. The van der Waals surface area contributed by atoms with Crippen LogP contribution in [0.25, 0.3) is 0 Å². The van der Waals surface area contributed by atoms with Crippen LogP contribution in [-0.4, -0.2) is 31.8 Å². The molecule has 39 heavy (non-hydrogen) atoms. The van der Waals surface area contributed by atoms with Gasteiger partial charge in [-0.05, 0) is 79.1 Å². The summed E-state index contributed by atoms with van der Waals surface area (Å²) in [6, 6.07) is 16.4. The van der Waals surface area contributed by atoms with Crippen LogP contribution in [-0.2, 0) is 12.8 Å². The van der Waals surface area contributed by atoms with Crippen molar-refractivity contribution in [3.8, 4) is 0 Å². The summed E-state index contributed by atoms with van der Waals surface area (Å²) in [6.45, 7) is 6.55. The van der Waals surface area contributed by atoms with Gasteiger partial charge < -0.3 is 10.6 Å². The van der Waals surface area contributed by atoms with Gasteiger partial charge in [-0.1, -0.05) is 45.4 Å². The third-order valence-corrected chi connectivity index (χ3v) is 5.77. The number of amides is 2. The minimum absolute atomic E-state index is 0.213. The van der Waals surface area contributed by atoms with Gasteiger partial charge in [0.25, 0.3) is 11.8 Å². The van der Waals surface area contributed by atoms with E-state index in [1.54, 1.807) is 67.4 Å². The largest absolute Gasteiger partial charge is 0.319 e. The molecule has 0 bridgehead atoms. The maximum absolute atomic E-state index is 12.0. The van der Waals surface area contributed by atoms with Crippen LogP contribution in [0.5, 0.6) is 0 Å². The van der Waals surface area contributed by atoms with E-state index < -0.39 is 0 Å². The smallest absolute Gasteiger partial charge is 0.275 e. The van der Waals surface area contributed by atoms with Gasteiger partial charge in [-0.15, -0.1) is 0 Å². The molecule has 0 saturated heterocycles. The molecule has 0 saturated carbocycles. The summed E-state index contributed by atoms with van der Waals surface area (Å²) in [4.78, 5) is 40.3. The second kappa shape index (κ2) is 15.7. The van der Waals surface area contributed by atoms with Gasteiger partial charge in [0, 0.05) is 24.8 Å². The molecule has 4 aromatic heterocycles. The summed E-state index contributed by atoms with van der Waals surface area (Å²) in [5, 5.41) is 5.47. The van der Waals surface area contributed by atoms with Crippen LogP contribution >= 0.6 is 0 Å². The monoisotopic (exact) mass is 524 g/mol. The summed E-state index contributed by atoms with van der Waals surface area (Å²) in [5.41, 5.74) is 3.82. The number of hydrogen-bond acceptors (Lipinski definition) is 6. The number of aromatic nitrogens is 4. The van der Waals surface area contributed by atoms with Crippen LogP contribution < -0.4 is 10.6 Å². The van der Waals surface area contributed by atoms with Crippen molar-refractivity contribution in [1.82, 2.24) is 19.9 Å². The van der Waals surface area contributed by atoms with Crippen LogP contribution in [0.4, 0.5) is 11.5 Å². The highest BCUT2D eigenvalue weighted by atomic mass is 16.2. The molecular weight excluding hydrogens is 488 g/mol. The fourth-order valence-electron chi connectivity index (χ4n) is 3.50. The summed E-state index contributed by atoms with van der Waals surface area (Å²) >= 11 is 0. The number of nitrogens with zero attached hydrogens (tertiary/aromatic N) is 4. The Morgan fingerprint density at radius 1 is 0.744 bits per heavy atom. The van der Waals surface area contributed by atoms with Gasteiger partial charge in [-0.3, -0.25) is 24.5 Å². The molecule has 8 nitrogen and oxygen atoms in total. The predicted molar refractivity (Wildman–Crippen MR) is 155 cm³/mol. The molecule has 0 aromatic carbocycles. The first-order valence-electron chi connectivity index (χ1n) is 13.3. The van der Waals surface area contributed by atoms with E-state index in [1.165, 1.54) is 5.56 Å². The van der Waals surface area contributed by atoms with Crippen molar-refractivity contribution in [2.45, 2.75) is 52.9 Å². The third kappa shape index (κ3) is 10.4. The van der Waals surface area contributed by atoms with Crippen molar-refractivity contribution >= 4 is 23.3 Å². The lowest BCUT2D eigenvalue weighted by Gasteiger charge is -2.06. The van der Waals surface area contributed by atoms with E-state index in [0.717, 1.165) is 37.7 Å². The summed E-state index contributed by atoms with van der Waals surface area (Å²) in [5.74, 6) is 0.750. The first-order chi connectivity index (χ1) is 18.9. The van der Waals surface area contributed by atoms with Crippen LogP contribution in [0.2, 0.25) is 0 Å². The van der Waals surface area contributed by atoms with Crippen LogP contribution in [0.1, 0.15) is 72.1 Å². The van der Waals surface area contributed by atoms with Crippen molar-refractivity contribution < 1.29 is 9.59 Å². The lowest BCUT2D eigenvalue weighted by atomic mass is 10.0. The average Bonchev–Trinajstić information content (AvgIpc) is 2.97. The molecule has 202 valence electrons. The third-order valence-electron chi connectivity index (χ3n) is 5.77. The zero-order valence-electron chi connectivity index (χ0n) is 22.8. The average molecular weight is 525 g/mol. The van der Waals surface area contributed by atoms with Crippen molar-refractivity contribution in [2.24, 2.45) is 5.92 Å². The minimum atomic E-state index is -0.237. The Labute approximate surface area is 230 Å². The lowest BCUT2D eigenvalue weighted by molar-refractivity contribution is 0.101. The standard InChI is InChI=1S/C16H19N3O.C15H17N3O/c1-12(2)6-7-13-8-9-14(18-11-13)16(20)19-15-5-3-4-10-17-15;1-2-3-5-12-7-8-14(17-10-12)15(19)18-13-6-4-9-16-11-13/h3-5,8-12H,6-7H2,1-2H3,(H,17,19,20);4,6-11H,2-3,5H2,1H3,(H,18,19). The molecule has 4 rings (SSSR count). The summed E-state index contributed by atoms with van der Waals surface area (Å²) in [7, 11) is 0. The van der Waals surface area contributed by atoms with Gasteiger partial charge in [0.05, 0.1) is 11.9 Å². The first kappa shape index (κ1) is 29.1. The maximum Gasteiger partial charge on any atom is 0.275 e. The number of aryl methyl sites for hydroxylation is 2. The van der Waals surface area contributed by atoms with Gasteiger partial charge in [0.2, 0.25) is 0 Å². The number of unbranched alkanes of at least 4 members (excludes halogenated alkanes) is 1. The second-order valence-electron chi connectivity index (χ2n) is 9.50. The van der Waals surface area contributed by atoms with Crippen molar-refractivity contribution in [1.29, 1.82) is 0 Å². The minimum Gasteiger partial charge on any atom is -0.319 e. The molecule has 2 N–H and O–H groups in total. The Bertz CT molecular complexity index is 1280. The highest BCUT2D eigenvalue weighted by Crippen LogP contribution is 2.10. The molecule has 8 heteroatoms. The molecule has 0 atom stereocenters. The molecule has 4 aromatic rings. The number of anilines is 2. The van der Waals surface area contributed by atoms with Crippen molar-refractivity contribution in [2.75, 3.05) is 10.6 Å². The maximum atomic E-state index is 12.0. The Balaban J connectivity index is 0.000000216. The molecule has 0 aliphatic rings. The van der Waals surface area contributed by atoms with Crippen molar-refractivity contribution in [3.05, 3.63) is 108 Å². The molecule has 0 aliphatic carbocycles. The highest BCUT2D eigenvalue weighted by Gasteiger charge is 2.09. The number of rotatable bonds is 10. The Kier molecular flexibility index (Phi) is 11.7. The molecule has 0 spiro atoms. The summed E-state index contributed by atoms with van der Waals surface area (Å²) < 4.78 is 0. The van der Waals surface area contributed by atoms with Gasteiger partial charge in [-0.25, -0.2) is 4.98 Å². The second-order valence-corrected chi connectivity index (χ2v) is 9.50. The number of carbonyl (C=O) groups is 2. The number of pyridine rings is 4. The fraction of sp³-hybridized carbons (Fsp3) is 0.290. The lowest BCUT2D eigenvalue weighted by Crippen LogP contribution is -2.14. The Morgan fingerprint density at radius 3 is 1.97 bits per heavy atom. The predicted octanol–water partition coefficient (Wildman–Crippen LogP) is 6.39. The SMILES string of the molecule is CC(C)CCc1ccc(C(=O)Nc2ccccn2)nc1.CCCCc1ccc(C(=O)Nc2cccnc2)nc1. The van der Waals surface area contributed by atoms with Crippen LogP contribution in [0.3, 0.4) is 0 Å². The van der Waals surface area contributed by atoms with E-state index in [4.69, 9.17) is 0 Å². The van der Waals surface area contributed by atoms with E-state index in [9.17, 15) is 9.59 Å². The topological polar surface area (TPSA) is 110 Å². The van der Waals surface area contributed by atoms with Gasteiger partial charge in [-0.2, -0.15) is 0 Å². The fourth-order valence-corrected chi connectivity index (χ4v) is 3.50. The normalized spacial score (nSPS) is 10.4. The molecule has 4 heterocycles. The van der Waals surface area contributed by atoms with E-state index in [2.05, 4.69) is 51.3 Å². The molecule has 0 unspecified atom stereocenters. The van der Waals surface area contributed by atoms with Gasteiger partial charge in [0.1, 0.15) is 17.2 Å². The number of carbonyl (C=O) groups excluding carboxylic acids is 2. The van der Waals surface area contributed by atoms with Gasteiger partial charge >= 0.3 is 0 Å². The molecule has 2 amide bonds. The first-order valence-corrected chi connectivity index (χ1v) is 13.3. The van der Waals surface area contributed by atoms with E-state index >= 15 is 0 Å². The van der Waals surface area contributed by atoms with Crippen LogP contribution in [0.15, 0.2) is 85.6 Å². The van der Waals surface area contributed by atoms with E-state index in [1.807, 2.05) is 18.2 Å². The Morgan fingerprint density at radius 2 is 1.44 bits per heavy atom. The molecular formula is C31H36N6O2. The van der Waals surface area contributed by atoms with E-state index in [-0.39, 0.29) is 11.8 Å². The van der Waals surface area contributed by atoms with Gasteiger partial charge in [0.15, 0.2) is 0 Å². The van der Waals surface area contributed by atoms with E-state index in [0.29, 0.717) is 28.8 Å².